The maximum Gasteiger partial charge on any atom is 0.255 e. The van der Waals surface area contributed by atoms with E-state index < -0.39 is 0 Å². The normalized spacial score (nSPS) is 16.0. The number of hydrogen-bond acceptors (Lipinski definition) is 3. The molecule has 0 spiro atoms. The van der Waals surface area contributed by atoms with E-state index in [-0.39, 0.29) is 23.9 Å². The van der Waals surface area contributed by atoms with E-state index in [1.807, 2.05) is 18.2 Å². The Morgan fingerprint density at radius 1 is 1.23 bits per heavy atom. The van der Waals surface area contributed by atoms with Crippen LogP contribution in [-0.4, -0.2) is 5.91 Å². The molecule has 0 aliphatic heterocycles. The van der Waals surface area contributed by atoms with Gasteiger partial charge in [-0.2, -0.15) is 0 Å². The molecule has 3 N–H and O–H groups in total. The molecule has 0 atom stereocenters. The van der Waals surface area contributed by atoms with Gasteiger partial charge < -0.3 is 15.5 Å². The fourth-order valence-electron chi connectivity index (χ4n) is 3.12. The highest BCUT2D eigenvalue weighted by atomic mass is 35.5. The molecule has 1 aliphatic rings. The average Bonchev–Trinajstić information content (AvgIpc) is 3.18. The second-order valence-corrected chi connectivity index (χ2v) is 5.62. The van der Waals surface area contributed by atoms with Crippen molar-refractivity contribution in [1.82, 2.24) is 5.32 Å². The molecule has 1 aliphatic carbocycles. The van der Waals surface area contributed by atoms with Crippen molar-refractivity contribution >= 4 is 18.3 Å². The van der Waals surface area contributed by atoms with Crippen molar-refractivity contribution in [2.24, 2.45) is 5.73 Å². The maximum absolute atomic E-state index is 12.5. The van der Waals surface area contributed by atoms with Crippen LogP contribution in [0, 0.1) is 0 Å². The smallest absolute Gasteiger partial charge is 0.255 e. The first-order valence-corrected chi connectivity index (χ1v) is 7.39. The van der Waals surface area contributed by atoms with Crippen molar-refractivity contribution < 1.29 is 9.21 Å². The summed E-state index contributed by atoms with van der Waals surface area (Å²) in [6, 6.07) is 11.9. The molecule has 0 unspecified atom stereocenters. The monoisotopic (exact) mass is 320 g/mol. The number of carbonyl (C=O) groups excluding carboxylic acids is 1. The van der Waals surface area contributed by atoms with Gasteiger partial charge in [-0.25, -0.2) is 0 Å². The molecular weight excluding hydrogens is 300 g/mol. The third-order valence-electron chi connectivity index (χ3n) is 4.25. The minimum Gasteiger partial charge on any atom is -0.467 e. The molecule has 118 valence electrons. The van der Waals surface area contributed by atoms with Crippen LogP contribution >= 0.6 is 12.4 Å². The fourth-order valence-corrected chi connectivity index (χ4v) is 3.12. The van der Waals surface area contributed by atoms with Crippen molar-refractivity contribution in [3.05, 3.63) is 59.5 Å². The summed E-state index contributed by atoms with van der Waals surface area (Å²) in [4.78, 5) is 12.5. The first-order valence-electron chi connectivity index (χ1n) is 7.39. The van der Waals surface area contributed by atoms with Crippen molar-refractivity contribution in [3.63, 3.8) is 0 Å². The molecule has 4 nitrogen and oxygen atoms in total. The molecule has 1 saturated carbocycles. The molecule has 1 aromatic carbocycles. The molecule has 5 heteroatoms. The maximum atomic E-state index is 12.5. The van der Waals surface area contributed by atoms with Gasteiger partial charge in [-0.3, -0.25) is 4.79 Å². The van der Waals surface area contributed by atoms with Crippen LogP contribution in [-0.2, 0) is 12.1 Å². The minimum absolute atomic E-state index is 0. The van der Waals surface area contributed by atoms with Gasteiger partial charge in [0.2, 0.25) is 0 Å². The van der Waals surface area contributed by atoms with Gasteiger partial charge in [0.15, 0.2) is 0 Å². The number of amides is 1. The van der Waals surface area contributed by atoms with Crippen LogP contribution in [0.5, 0.6) is 0 Å². The molecule has 0 radical (unpaired) electrons. The van der Waals surface area contributed by atoms with Crippen molar-refractivity contribution in [1.29, 1.82) is 0 Å². The van der Waals surface area contributed by atoms with Crippen LogP contribution in [0.4, 0.5) is 0 Å². The van der Waals surface area contributed by atoms with Crippen molar-refractivity contribution in [2.45, 2.75) is 37.8 Å². The van der Waals surface area contributed by atoms with Gasteiger partial charge in [0.1, 0.15) is 12.0 Å². The Morgan fingerprint density at radius 2 is 1.91 bits per heavy atom. The van der Waals surface area contributed by atoms with Gasteiger partial charge in [-0.05, 0) is 24.5 Å². The SMILES string of the molecule is Cl.NCc1cc(C(=O)NC2(c3ccccc3)CCCC2)co1. The van der Waals surface area contributed by atoms with E-state index in [1.165, 1.54) is 11.8 Å². The minimum atomic E-state index is -0.251. The van der Waals surface area contributed by atoms with E-state index in [9.17, 15) is 4.79 Å². The largest absolute Gasteiger partial charge is 0.467 e. The second kappa shape index (κ2) is 6.99. The number of benzene rings is 1. The number of rotatable bonds is 4. The zero-order chi connectivity index (χ0) is 14.7. The third-order valence-corrected chi connectivity index (χ3v) is 4.25. The van der Waals surface area contributed by atoms with Gasteiger partial charge in [0.25, 0.3) is 5.91 Å². The van der Waals surface area contributed by atoms with E-state index in [1.54, 1.807) is 6.07 Å². The Labute approximate surface area is 136 Å². The number of furan rings is 1. The van der Waals surface area contributed by atoms with Gasteiger partial charge >= 0.3 is 0 Å². The van der Waals surface area contributed by atoms with Crippen LogP contribution in [0.2, 0.25) is 0 Å². The van der Waals surface area contributed by atoms with E-state index >= 15 is 0 Å². The zero-order valence-corrected chi connectivity index (χ0v) is 13.2. The molecule has 0 bridgehead atoms. The number of hydrogen-bond donors (Lipinski definition) is 2. The molecule has 22 heavy (non-hydrogen) atoms. The first kappa shape index (κ1) is 16.6. The predicted molar refractivity (Wildman–Crippen MR) is 87.9 cm³/mol. The Morgan fingerprint density at radius 3 is 2.50 bits per heavy atom. The quantitative estimate of drug-likeness (QED) is 0.907. The predicted octanol–water partition coefficient (Wildman–Crippen LogP) is 3.36. The molecule has 1 aromatic heterocycles. The molecule has 0 saturated heterocycles. The van der Waals surface area contributed by atoms with Crippen molar-refractivity contribution in [3.8, 4) is 0 Å². The molecular formula is C17H21ClN2O2. The number of nitrogens with one attached hydrogen (secondary N) is 1. The Hall–Kier alpha value is -1.78. The summed E-state index contributed by atoms with van der Waals surface area (Å²) >= 11 is 0. The summed E-state index contributed by atoms with van der Waals surface area (Å²) in [5, 5.41) is 3.22. The highest BCUT2D eigenvalue weighted by Gasteiger charge is 2.37. The van der Waals surface area contributed by atoms with Gasteiger partial charge in [0, 0.05) is 0 Å². The number of carbonyl (C=O) groups is 1. The highest BCUT2D eigenvalue weighted by Crippen LogP contribution is 2.38. The lowest BCUT2D eigenvalue weighted by Crippen LogP contribution is -2.43. The van der Waals surface area contributed by atoms with E-state index in [0.717, 1.165) is 25.7 Å². The number of halogens is 1. The van der Waals surface area contributed by atoms with Gasteiger partial charge in [-0.1, -0.05) is 43.2 Å². The Bertz CT molecular complexity index is 619. The molecule has 1 heterocycles. The number of nitrogens with two attached hydrogens (primary N) is 1. The van der Waals surface area contributed by atoms with Crippen LogP contribution in [0.25, 0.3) is 0 Å². The van der Waals surface area contributed by atoms with Crippen LogP contribution in [0.15, 0.2) is 47.1 Å². The van der Waals surface area contributed by atoms with Crippen LogP contribution in [0.1, 0.15) is 47.4 Å². The Balaban J connectivity index is 0.00000176. The van der Waals surface area contributed by atoms with E-state index in [0.29, 0.717) is 17.9 Å². The molecule has 1 fully saturated rings. The second-order valence-electron chi connectivity index (χ2n) is 5.62. The summed E-state index contributed by atoms with van der Waals surface area (Å²) in [7, 11) is 0. The zero-order valence-electron chi connectivity index (χ0n) is 12.4. The highest BCUT2D eigenvalue weighted by molar-refractivity contribution is 5.94. The lowest BCUT2D eigenvalue weighted by molar-refractivity contribution is 0.0897. The average molecular weight is 321 g/mol. The van der Waals surface area contributed by atoms with Crippen molar-refractivity contribution in [2.75, 3.05) is 0 Å². The summed E-state index contributed by atoms with van der Waals surface area (Å²) in [5.41, 5.74) is 6.99. The summed E-state index contributed by atoms with van der Waals surface area (Å²) in [6.45, 7) is 0.303. The van der Waals surface area contributed by atoms with E-state index in [2.05, 4.69) is 17.4 Å². The van der Waals surface area contributed by atoms with Gasteiger partial charge in [0.05, 0.1) is 17.6 Å². The standard InChI is InChI=1S/C17H20N2O2.ClH/c18-11-15-10-13(12-21-15)16(20)19-17(8-4-5-9-17)14-6-2-1-3-7-14;/h1-3,6-7,10,12H,4-5,8-9,11,18H2,(H,19,20);1H. The Kier molecular flexibility index (Phi) is 5.27. The summed E-state index contributed by atoms with van der Waals surface area (Å²) < 4.78 is 5.25. The topological polar surface area (TPSA) is 68.3 Å². The first-order chi connectivity index (χ1) is 10.2. The summed E-state index contributed by atoms with van der Waals surface area (Å²) in [5.74, 6) is 0.532. The summed E-state index contributed by atoms with van der Waals surface area (Å²) in [6.07, 6.45) is 5.70. The lowest BCUT2D eigenvalue weighted by atomic mass is 9.88. The van der Waals surface area contributed by atoms with Gasteiger partial charge in [-0.15, -0.1) is 12.4 Å². The van der Waals surface area contributed by atoms with Crippen LogP contribution in [0.3, 0.4) is 0 Å². The van der Waals surface area contributed by atoms with Crippen LogP contribution < -0.4 is 11.1 Å². The fraction of sp³-hybridized carbons (Fsp3) is 0.353. The van der Waals surface area contributed by atoms with E-state index in [4.69, 9.17) is 10.2 Å². The lowest BCUT2D eigenvalue weighted by Gasteiger charge is -2.31. The molecule has 2 aromatic rings. The third kappa shape index (κ3) is 3.18. The molecule has 3 rings (SSSR count). The molecule has 1 amide bonds.